The maximum atomic E-state index is 11.2. The van der Waals surface area contributed by atoms with Crippen LogP contribution in [-0.4, -0.2) is 34.2 Å². The van der Waals surface area contributed by atoms with Crippen molar-refractivity contribution in [2.75, 3.05) is 13.1 Å². The normalized spacial score (nSPS) is 26.8. The fraction of sp³-hybridized carbons (Fsp3) is 0.636. The maximum Gasteiger partial charge on any atom is 0.310 e. The summed E-state index contributed by atoms with van der Waals surface area (Å²) in [7, 11) is 0. The van der Waals surface area contributed by atoms with Gasteiger partial charge in [-0.05, 0) is 26.3 Å². The molecule has 5 nitrogen and oxygen atoms in total. The van der Waals surface area contributed by atoms with Crippen molar-refractivity contribution in [3.05, 3.63) is 18.0 Å². The molecule has 1 unspecified atom stereocenters. The number of aliphatic carboxylic acids is 1. The highest BCUT2D eigenvalue weighted by Crippen LogP contribution is 2.30. The Kier molecular flexibility index (Phi) is 2.96. The average molecular weight is 224 g/mol. The van der Waals surface area contributed by atoms with Crippen molar-refractivity contribution in [1.29, 1.82) is 0 Å². The van der Waals surface area contributed by atoms with Crippen molar-refractivity contribution >= 4 is 5.97 Å². The standard InChI is InChI=1S/C11H16N2O3/c1-11(10(14)15)3-2-4-13(8-11)6-9-5-12-16-7-9/h5,7H,2-4,6,8H2,1H3,(H,14,15). The van der Waals surface area contributed by atoms with Gasteiger partial charge in [0.1, 0.15) is 6.26 Å². The lowest BCUT2D eigenvalue weighted by Gasteiger charge is -2.37. The molecule has 1 fully saturated rings. The quantitative estimate of drug-likeness (QED) is 0.839. The third-order valence-corrected chi connectivity index (χ3v) is 3.18. The lowest BCUT2D eigenvalue weighted by molar-refractivity contribution is -0.151. The molecule has 2 heterocycles. The number of carboxylic acid groups (broad SMARTS) is 1. The minimum atomic E-state index is -0.706. The van der Waals surface area contributed by atoms with E-state index in [4.69, 9.17) is 4.52 Å². The Morgan fingerprint density at radius 1 is 1.75 bits per heavy atom. The molecule has 1 N–H and O–H groups in total. The molecule has 0 aromatic carbocycles. The topological polar surface area (TPSA) is 66.6 Å². The zero-order valence-electron chi connectivity index (χ0n) is 9.35. The number of hydrogen-bond acceptors (Lipinski definition) is 4. The summed E-state index contributed by atoms with van der Waals surface area (Å²) < 4.78 is 4.76. The molecule has 1 atom stereocenters. The molecule has 5 heteroatoms. The van der Waals surface area contributed by atoms with Crippen LogP contribution in [0.3, 0.4) is 0 Å². The van der Waals surface area contributed by atoms with Crippen molar-refractivity contribution < 1.29 is 14.4 Å². The number of nitrogens with zero attached hydrogens (tertiary/aromatic N) is 2. The van der Waals surface area contributed by atoms with Crippen LogP contribution in [0, 0.1) is 5.41 Å². The molecule has 1 aromatic rings. The van der Waals surface area contributed by atoms with Gasteiger partial charge in [-0.15, -0.1) is 0 Å². The summed E-state index contributed by atoms with van der Waals surface area (Å²) in [4.78, 5) is 13.3. The largest absolute Gasteiger partial charge is 0.481 e. The van der Waals surface area contributed by atoms with Gasteiger partial charge in [-0.25, -0.2) is 0 Å². The van der Waals surface area contributed by atoms with Crippen LogP contribution in [0.15, 0.2) is 17.0 Å². The van der Waals surface area contributed by atoms with Gasteiger partial charge in [-0.3, -0.25) is 9.69 Å². The van der Waals surface area contributed by atoms with Gasteiger partial charge in [0, 0.05) is 18.7 Å². The molecule has 2 rings (SSSR count). The molecule has 0 saturated carbocycles. The second kappa shape index (κ2) is 4.25. The maximum absolute atomic E-state index is 11.2. The number of aromatic nitrogens is 1. The van der Waals surface area contributed by atoms with E-state index in [9.17, 15) is 9.90 Å². The average Bonchev–Trinajstić information content (AvgIpc) is 2.70. The monoisotopic (exact) mass is 224 g/mol. The number of hydrogen-bond donors (Lipinski definition) is 1. The summed E-state index contributed by atoms with van der Waals surface area (Å²) in [5.74, 6) is -0.706. The second-order valence-corrected chi connectivity index (χ2v) is 4.71. The predicted octanol–water partition coefficient (Wildman–Crippen LogP) is 1.36. The van der Waals surface area contributed by atoms with Gasteiger partial charge in [0.25, 0.3) is 0 Å². The Morgan fingerprint density at radius 3 is 3.19 bits per heavy atom. The van der Waals surface area contributed by atoms with E-state index in [1.54, 1.807) is 12.5 Å². The van der Waals surface area contributed by atoms with Crippen molar-refractivity contribution in [3.8, 4) is 0 Å². The van der Waals surface area contributed by atoms with Crippen LogP contribution >= 0.6 is 0 Å². The van der Waals surface area contributed by atoms with Crippen LogP contribution in [0.2, 0.25) is 0 Å². The van der Waals surface area contributed by atoms with E-state index in [-0.39, 0.29) is 0 Å². The van der Waals surface area contributed by atoms with Gasteiger partial charge in [-0.2, -0.15) is 0 Å². The molecule has 0 radical (unpaired) electrons. The van der Waals surface area contributed by atoms with E-state index >= 15 is 0 Å². The number of carboxylic acids is 1. The van der Waals surface area contributed by atoms with E-state index in [1.165, 1.54) is 0 Å². The zero-order chi connectivity index (χ0) is 11.6. The highest BCUT2D eigenvalue weighted by Gasteiger charge is 2.37. The van der Waals surface area contributed by atoms with Crippen molar-refractivity contribution in [2.45, 2.75) is 26.3 Å². The first-order valence-electron chi connectivity index (χ1n) is 5.44. The summed E-state index contributed by atoms with van der Waals surface area (Å²) in [5.41, 5.74) is 0.379. The highest BCUT2D eigenvalue weighted by molar-refractivity contribution is 5.74. The van der Waals surface area contributed by atoms with E-state index < -0.39 is 11.4 Å². The van der Waals surface area contributed by atoms with Crippen LogP contribution < -0.4 is 0 Å². The molecule has 16 heavy (non-hydrogen) atoms. The molecule has 0 amide bonds. The SMILES string of the molecule is CC1(C(=O)O)CCCN(Cc2cnoc2)C1. The zero-order valence-corrected chi connectivity index (χ0v) is 9.35. The molecule has 1 aliphatic rings. The number of likely N-dealkylation sites (tertiary alicyclic amines) is 1. The van der Waals surface area contributed by atoms with Gasteiger partial charge in [0.05, 0.1) is 11.6 Å². The Balaban J connectivity index is 1.99. The van der Waals surface area contributed by atoms with Crippen LogP contribution in [0.4, 0.5) is 0 Å². The van der Waals surface area contributed by atoms with Crippen molar-refractivity contribution in [3.63, 3.8) is 0 Å². The molecule has 0 aliphatic carbocycles. The second-order valence-electron chi connectivity index (χ2n) is 4.71. The molecule has 0 bridgehead atoms. The van der Waals surface area contributed by atoms with Gasteiger partial charge < -0.3 is 9.63 Å². The summed E-state index contributed by atoms with van der Waals surface area (Å²) in [6, 6.07) is 0. The summed E-state index contributed by atoms with van der Waals surface area (Å²) in [6.07, 6.45) is 4.95. The Hall–Kier alpha value is -1.36. The number of piperidine rings is 1. The minimum absolute atomic E-state index is 0.591. The third-order valence-electron chi connectivity index (χ3n) is 3.18. The van der Waals surface area contributed by atoms with Gasteiger partial charge >= 0.3 is 5.97 Å². The molecule has 0 spiro atoms. The van der Waals surface area contributed by atoms with Gasteiger partial charge in [0.15, 0.2) is 0 Å². The Bertz CT molecular complexity index is 363. The van der Waals surface area contributed by atoms with Crippen LogP contribution in [0.25, 0.3) is 0 Å². The summed E-state index contributed by atoms with van der Waals surface area (Å²) in [6.45, 7) is 4.06. The molecular formula is C11H16N2O3. The van der Waals surface area contributed by atoms with Crippen LogP contribution in [0.5, 0.6) is 0 Å². The van der Waals surface area contributed by atoms with Crippen LogP contribution in [-0.2, 0) is 11.3 Å². The smallest absolute Gasteiger partial charge is 0.310 e. The summed E-state index contributed by atoms with van der Waals surface area (Å²) >= 11 is 0. The first kappa shape index (κ1) is 11.1. The molecule has 1 aromatic heterocycles. The predicted molar refractivity (Wildman–Crippen MR) is 56.8 cm³/mol. The first-order chi connectivity index (χ1) is 7.60. The lowest BCUT2D eigenvalue weighted by Crippen LogP contribution is -2.45. The fourth-order valence-electron chi connectivity index (χ4n) is 2.22. The lowest BCUT2D eigenvalue weighted by atomic mass is 9.82. The minimum Gasteiger partial charge on any atom is -0.481 e. The summed E-state index contributed by atoms with van der Waals surface area (Å²) in [5, 5.41) is 12.8. The van der Waals surface area contributed by atoms with Gasteiger partial charge in [0.2, 0.25) is 0 Å². The Morgan fingerprint density at radius 2 is 2.56 bits per heavy atom. The third kappa shape index (κ3) is 2.24. The molecule has 88 valence electrons. The number of carbonyl (C=O) groups is 1. The van der Waals surface area contributed by atoms with E-state index in [2.05, 4.69) is 10.1 Å². The number of rotatable bonds is 3. The Labute approximate surface area is 94.0 Å². The molecule has 1 saturated heterocycles. The van der Waals surface area contributed by atoms with E-state index in [0.29, 0.717) is 13.1 Å². The first-order valence-corrected chi connectivity index (χ1v) is 5.44. The van der Waals surface area contributed by atoms with E-state index in [0.717, 1.165) is 24.9 Å². The molecule has 1 aliphatic heterocycles. The molecular weight excluding hydrogens is 208 g/mol. The fourth-order valence-corrected chi connectivity index (χ4v) is 2.22. The van der Waals surface area contributed by atoms with Crippen molar-refractivity contribution in [1.82, 2.24) is 10.1 Å². The van der Waals surface area contributed by atoms with E-state index in [1.807, 2.05) is 6.92 Å². The van der Waals surface area contributed by atoms with Crippen molar-refractivity contribution in [2.24, 2.45) is 5.41 Å². The highest BCUT2D eigenvalue weighted by atomic mass is 16.5. The van der Waals surface area contributed by atoms with Gasteiger partial charge in [-0.1, -0.05) is 5.16 Å². The van der Waals surface area contributed by atoms with Crippen LogP contribution in [0.1, 0.15) is 25.3 Å².